The minimum Gasteiger partial charge on any atom is -0.348 e. The molecule has 1 aliphatic carbocycles. The molecular weight excluding hydrogens is 380 g/mol. The monoisotopic (exact) mass is 412 g/mol. The first kappa shape index (κ1) is 20.8. The number of carbonyl (C=O) groups excluding carboxylic acids is 3. The van der Waals surface area contributed by atoms with E-state index in [0.29, 0.717) is 31.7 Å². The van der Waals surface area contributed by atoms with Gasteiger partial charge < -0.3 is 14.7 Å². The lowest BCUT2D eigenvalue weighted by Crippen LogP contribution is -2.49. The summed E-state index contributed by atoms with van der Waals surface area (Å²) in [6, 6.07) is 3.41. The molecule has 162 valence electrons. The van der Waals surface area contributed by atoms with Gasteiger partial charge in [-0.2, -0.15) is 0 Å². The quantitative estimate of drug-likeness (QED) is 0.762. The average molecular weight is 413 g/mol. The molecule has 2 aliphatic heterocycles. The molecule has 2 saturated heterocycles. The number of carbonyl (C=O) groups is 3. The molecule has 1 aromatic rings. The highest BCUT2D eigenvalue weighted by atomic mass is 16.2. The van der Waals surface area contributed by atoms with Crippen molar-refractivity contribution in [3.63, 3.8) is 0 Å². The minimum atomic E-state index is -0.715. The molecular formula is C23H32N4O3. The number of rotatable bonds is 3. The average Bonchev–Trinajstić information content (AvgIpc) is 3.28. The Morgan fingerprint density at radius 1 is 1.00 bits per heavy atom. The lowest BCUT2D eigenvalue weighted by atomic mass is 9.74. The normalized spacial score (nSPS) is 27.6. The predicted octanol–water partition coefficient (Wildman–Crippen LogP) is 2.04. The van der Waals surface area contributed by atoms with E-state index in [4.69, 9.17) is 0 Å². The summed E-state index contributed by atoms with van der Waals surface area (Å²) in [5.41, 5.74) is -0.446. The zero-order valence-electron chi connectivity index (χ0n) is 18.3. The van der Waals surface area contributed by atoms with E-state index in [1.54, 1.807) is 48.4 Å². The van der Waals surface area contributed by atoms with Gasteiger partial charge in [0.2, 0.25) is 11.8 Å². The summed E-state index contributed by atoms with van der Waals surface area (Å²) < 4.78 is 0. The number of nitrogens with zero attached hydrogens (tertiary/aromatic N) is 4. The number of pyridine rings is 1. The van der Waals surface area contributed by atoms with E-state index in [-0.39, 0.29) is 29.1 Å². The van der Waals surface area contributed by atoms with Crippen molar-refractivity contribution in [2.24, 2.45) is 16.7 Å². The van der Waals surface area contributed by atoms with Crippen molar-refractivity contribution < 1.29 is 14.4 Å². The third-order valence-electron chi connectivity index (χ3n) is 7.42. The second-order valence-corrected chi connectivity index (χ2v) is 9.78. The Balaban J connectivity index is 1.57. The van der Waals surface area contributed by atoms with Crippen molar-refractivity contribution in [3.05, 3.63) is 30.1 Å². The van der Waals surface area contributed by atoms with Crippen LogP contribution >= 0.6 is 0 Å². The van der Waals surface area contributed by atoms with E-state index >= 15 is 0 Å². The van der Waals surface area contributed by atoms with Crippen LogP contribution in [0.25, 0.3) is 0 Å². The zero-order valence-corrected chi connectivity index (χ0v) is 18.3. The molecule has 0 spiro atoms. The summed E-state index contributed by atoms with van der Waals surface area (Å²) in [5.74, 6) is 0.0975. The van der Waals surface area contributed by atoms with Crippen LogP contribution < -0.4 is 0 Å². The first-order valence-corrected chi connectivity index (χ1v) is 11.0. The second kappa shape index (κ2) is 7.67. The molecule has 1 aromatic heterocycles. The molecule has 1 saturated carbocycles. The molecule has 7 heteroatoms. The minimum absolute atomic E-state index is 0.0154. The molecule has 7 nitrogen and oxygen atoms in total. The Morgan fingerprint density at radius 2 is 1.60 bits per heavy atom. The smallest absolute Gasteiger partial charge is 0.254 e. The van der Waals surface area contributed by atoms with E-state index in [1.165, 1.54) is 6.42 Å². The van der Waals surface area contributed by atoms with E-state index < -0.39 is 5.41 Å². The third kappa shape index (κ3) is 3.38. The van der Waals surface area contributed by atoms with Gasteiger partial charge in [-0.25, -0.2) is 0 Å². The fourth-order valence-electron chi connectivity index (χ4n) is 5.73. The number of fused-ring (bicyclic) bond motifs is 1. The number of hydrogen-bond donors (Lipinski definition) is 0. The lowest BCUT2D eigenvalue weighted by Gasteiger charge is -2.37. The standard InChI is InChI=1S/C23H32N4O3/c1-22(9-5-4-6-10-22)20(29)27-14-18-13-26(19(28)17-7-11-24-12-8-17)15-23(18,16-27)21(30)25(2)3/h7-8,11-12,18H,4-6,9-10,13-16H2,1-3H3/t18-,23-/m0/s1. The van der Waals surface area contributed by atoms with Crippen LogP contribution in [-0.4, -0.2) is 77.7 Å². The highest BCUT2D eigenvalue weighted by Gasteiger charge is 2.60. The highest BCUT2D eigenvalue weighted by molar-refractivity contribution is 5.96. The molecule has 3 amide bonds. The largest absolute Gasteiger partial charge is 0.348 e. The SMILES string of the molecule is CN(C)C(=O)[C@]12CN(C(=O)c3ccncc3)C[C@H]1CN(C(=O)C1(C)CCCCC1)C2. The van der Waals surface area contributed by atoms with Crippen LogP contribution in [0.4, 0.5) is 0 Å². The predicted molar refractivity (Wildman–Crippen MR) is 113 cm³/mol. The fraction of sp³-hybridized carbons (Fsp3) is 0.652. The molecule has 3 heterocycles. The molecule has 3 aliphatic rings. The Bertz CT molecular complexity index is 834. The number of likely N-dealkylation sites (tertiary alicyclic amines) is 2. The van der Waals surface area contributed by atoms with Gasteiger partial charge in [-0.15, -0.1) is 0 Å². The van der Waals surface area contributed by atoms with Gasteiger partial charge >= 0.3 is 0 Å². The van der Waals surface area contributed by atoms with Gasteiger partial charge in [0.25, 0.3) is 5.91 Å². The van der Waals surface area contributed by atoms with Gasteiger partial charge in [0, 0.05) is 69.6 Å². The molecule has 0 radical (unpaired) electrons. The molecule has 4 rings (SSSR count). The van der Waals surface area contributed by atoms with Gasteiger partial charge in [-0.1, -0.05) is 26.2 Å². The fourth-order valence-corrected chi connectivity index (χ4v) is 5.73. The molecule has 0 bridgehead atoms. The summed E-state index contributed by atoms with van der Waals surface area (Å²) >= 11 is 0. The number of amides is 3. The Morgan fingerprint density at radius 3 is 2.23 bits per heavy atom. The van der Waals surface area contributed by atoms with E-state index in [0.717, 1.165) is 25.7 Å². The summed E-state index contributed by atoms with van der Waals surface area (Å²) in [5, 5.41) is 0. The Kier molecular flexibility index (Phi) is 5.32. The molecule has 2 atom stereocenters. The lowest BCUT2D eigenvalue weighted by molar-refractivity contribution is -0.144. The van der Waals surface area contributed by atoms with Crippen molar-refractivity contribution in [2.45, 2.75) is 39.0 Å². The highest BCUT2D eigenvalue weighted by Crippen LogP contribution is 2.47. The second-order valence-electron chi connectivity index (χ2n) is 9.78. The van der Waals surface area contributed by atoms with Crippen molar-refractivity contribution in [3.8, 4) is 0 Å². The van der Waals surface area contributed by atoms with Gasteiger partial charge in [0.1, 0.15) is 0 Å². The van der Waals surface area contributed by atoms with Crippen LogP contribution in [0, 0.1) is 16.7 Å². The van der Waals surface area contributed by atoms with Crippen LogP contribution in [0.15, 0.2) is 24.5 Å². The van der Waals surface area contributed by atoms with Crippen LogP contribution in [0.3, 0.4) is 0 Å². The van der Waals surface area contributed by atoms with Crippen LogP contribution in [0.1, 0.15) is 49.4 Å². The first-order valence-electron chi connectivity index (χ1n) is 11.0. The van der Waals surface area contributed by atoms with Crippen molar-refractivity contribution in [2.75, 3.05) is 40.3 Å². The Hall–Kier alpha value is -2.44. The van der Waals surface area contributed by atoms with Gasteiger partial charge in [-0.05, 0) is 25.0 Å². The Labute approximate surface area is 178 Å². The third-order valence-corrected chi connectivity index (χ3v) is 7.42. The van der Waals surface area contributed by atoms with Crippen molar-refractivity contribution in [1.29, 1.82) is 0 Å². The maximum atomic E-state index is 13.4. The maximum Gasteiger partial charge on any atom is 0.254 e. The van der Waals surface area contributed by atoms with Gasteiger partial charge in [0.15, 0.2) is 0 Å². The molecule has 3 fully saturated rings. The summed E-state index contributed by atoms with van der Waals surface area (Å²) in [6.45, 7) is 3.90. The molecule has 0 N–H and O–H groups in total. The van der Waals surface area contributed by atoms with Gasteiger partial charge in [0.05, 0.1) is 5.41 Å². The molecule has 30 heavy (non-hydrogen) atoms. The van der Waals surface area contributed by atoms with Crippen LogP contribution in [-0.2, 0) is 9.59 Å². The number of hydrogen-bond acceptors (Lipinski definition) is 4. The topological polar surface area (TPSA) is 73.8 Å². The molecule has 0 unspecified atom stereocenters. The van der Waals surface area contributed by atoms with Gasteiger partial charge in [-0.3, -0.25) is 19.4 Å². The first-order chi connectivity index (χ1) is 14.3. The van der Waals surface area contributed by atoms with Crippen LogP contribution in [0.5, 0.6) is 0 Å². The summed E-state index contributed by atoms with van der Waals surface area (Å²) in [7, 11) is 3.52. The van der Waals surface area contributed by atoms with E-state index in [1.807, 2.05) is 4.90 Å². The number of aromatic nitrogens is 1. The molecule has 0 aromatic carbocycles. The van der Waals surface area contributed by atoms with Crippen molar-refractivity contribution in [1.82, 2.24) is 19.7 Å². The summed E-state index contributed by atoms with van der Waals surface area (Å²) in [6.07, 6.45) is 8.44. The van der Waals surface area contributed by atoms with Crippen LogP contribution in [0.2, 0.25) is 0 Å². The van der Waals surface area contributed by atoms with E-state index in [9.17, 15) is 14.4 Å². The maximum absolute atomic E-state index is 13.4. The van der Waals surface area contributed by atoms with E-state index in [2.05, 4.69) is 11.9 Å². The van der Waals surface area contributed by atoms with Crippen molar-refractivity contribution >= 4 is 17.7 Å². The summed E-state index contributed by atoms with van der Waals surface area (Å²) in [4.78, 5) is 49.1. The zero-order chi connectivity index (χ0) is 21.5.